The normalized spacial score (nSPS) is 16.2. The molecular weight excluding hydrogens is 447 g/mol. The SMILES string of the molecule is Cl.Cl.O=C1NC(=O)C(c2cccc3cnccc23)=C1C1=NC=CN2CCc3cccc1c32. The van der Waals surface area contributed by atoms with Gasteiger partial charge < -0.3 is 4.90 Å². The van der Waals surface area contributed by atoms with Crippen molar-refractivity contribution in [2.24, 2.45) is 4.99 Å². The largest absolute Gasteiger partial charge is 0.345 e. The fourth-order valence-corrected chi connectivity index (χ4v) is 4.56. The van der Waals surface area contributed by atoms with Gasteiger partial charge in [-0.05, 0) is 29.0 Å². The molecular formula is C24H18Cl2N4O2. The Labute approximate surface area is 196 Å². The molecule has 0 saturated carbocycles. The Balaban J connectivity index is 0.00000122. The van der Waals surface area contributed by atoms with Crippen LogP contribution in [0.5, 0.6) is 0 Å². The summed E-state index contributed by atoms with van der Waals surface area (Å²) < 4.78 is 0. The van der Waals surface area contributed by atoms with Crippen LogP contribution in [-0.2, 0) is 16.0 Å². The first kappa shape index (κ1) is 21.7. The number of hydrogen-bond acceptors (Lipinski definition) is 5. The second-order valence-corrected chi connectivity index (χ2v) is 7.47. The molecule has 3 aromatic rings. The van der Waals surface area contributed by atoms with Gasteiger partial charge in [0, 0.05) is 42.3 Å². The maximum Gasteiger partial charge on any atom is 0.261 e. The van der Waals surface area contributed by atoms with Gasteiger partial charge in [0.25, 0.3) is 11.8 Å². The lowest BCUT2D eigenvalue weighted by Crippen LogP contribution is -2.25. The van der Waals surface area contributed by atoms with Crippen molar-refractivity contribution in [2.75, 3.05) is 11.4 Å². The molecule has 32 heavy (non-hydrogen) atoms. The number of pyridine rings is 1. The summed E-state index contributed by atoms with van der Waals surface area (Å²) in [4.78, 5) is 36.9. The van der Waals surface area contributed by atoms with Gasteiger partial charge >= 0.3 is 0 Å². The summed E-state index contributed by atoms with van der Waals surface area (Å²) in [6.07, 6.45) is 8.02. The third-order valence-corrected chi connectivity index (χ3v) is 5.85. The lowest BCUT2D eigenvalue weighted by atomic mass is 9.91. The van der Waals surface area contributed by atoms with Crippen LogP contribution >= 0.6 is 24.8 Å². The molecule has 0 radical (unpaired) electrons. The molecule has 0 aliphatic carbocycles. The molecule has 0 spiro atoms. The number of anilines is 1. The number of aromatic nitrogens is 1. The number of nitrogens with zero attached hydrogens (tertiary/aromatic N) is 3. The van der Waals surface area contributed by atoms with Crippen molar-refractivity contribution in [3.8, 4) is 0 Å². The van der Waals surface area contributed by atoms with Crippen molar-refractivity contribution in [2.45, 2.75) is 6.42 Å². The quantitative estimate of drug-likeness (QED) is 0.584. The van der Waals surface area contributed by atoms with E-state index in [0.29, 0.717) is 22.4 Å². The van der Waals surface area contributed by atoms with Crippen LogP contribution in [0.15, 0.2) is 77.8 Å². The van der Waals surface area contributed by atoms with E-state index in [0.717, 1.165) is 35.0 Å². The summed E-state index contributed by atoms with van der Waals surface area (Å²) >= 11 is 0. The van der Waals surface area contributed by atoms with E-state index in [-0.39, 0.29) is 24.8 Å². The molecule has 160 valence electrons. The topological polar surface area (TPSA) is 74.7 Å². The summed E-state index contributed by atoms with van der Waals surface area (Å²) in [5.41, 5.74) is 5.05. The number of carbonyl (C=O) groups excluding carboxylic acids is 2. The van der Waals surface area contributed by atoms with E-state index in [9.17, 15) is 9.59 Å². The molecule has 1 N–H and O–H groups in total. The Bertz CT molecular complexity index is 1370. The van der Waals surface area contributed by atoms with E-state index >= 15 is 0 Å². The van der Waals surface area contributed by atoms with E-state index in [2.05, 4.69) is 26.3 Å². The van der Waals surface area contributed by atoms with Crippen LogP contribution < -0.4 is 10.2 Å². The summed E-state index contributed by atoms with van der Waals surface area (Å²) in [6.45, 7) is 0.874. The first-order valence-electron chi connectivity index (χ1n) is 9.79. The molecule has 3 aliphatic heterocycles. The van der Waals surface area contributed by atoms with Crippen molar-refractivity contribution in [3.63, 3.8) is 0 Å². The highest BCUT2D eigenvalue weighted by Crippen LogP contribution is 2.38. The second kappa shape index (κ2) is 8.22. The summed E-state index contributed by atoms with van der Waals surface area (Å²) in [6, 6.07) is 13.6. The fraction of sp³-hybridized carbons (Fsp3) is 0.0833. The van der Waals surface area contributed by atoms with E-state index in [1.807, 2.05) is 42.6 Å². The lowest BCUT2D eigenvalue weighted by molar-refractivity contribution is -0.123. The van der Waals surface area contributed by atoms with Crippen LogP contribution in [0.1, 0.15) is 16.7 Å². The molecule has 1 aromatic heterocycles. The molecule has 6 rings (SSSR count). The van der Waals surface area contributed by atoms with Crippen LogP contribution in [0.3, 0.4) is 0 Å². The summed E-state index contributed by atoms with van der Waals surface area (Å²) in [5.74, 6) is -0.822. The zero-order valence-corrected chi connectivity index (χ0v) is 18.4. The van der Waals surface area contributed by atoms with Gasteiger partial charge in [0.1, 0.15) is 0 Å². The van der Waals surface area contributed by atoms with Crippen LogP contribution in [0.25, 0.3) is 16.3 Å². The van der Waals surface area contributed by atoms with Gasteiger partial charge in [-0.1, -0.05) is 36.4 Å². The lowest BCUT2D eigenvalue weighted by Gasteiger charge is -2.17. The molecule has 4 heterocycles. The summed E-state index contributed by atoms with van der Waals surface area (Å²) in [7, 11) is 0. The van der Waals surface area contributed by atoms with Crippen molar-refractivity contribution >= 4 is 64.4 Å². The van der Waals surface area contributed by atoms with Gasteiger partial charge in [0.2, 0.25) is 0 Å². The van der Waals surface area contributed by atoms with Crippen LogP contribution in [0, 0.1) is 0 Å². The van der Waals surface area contributed by atoms with Crippen molar-refractivity contribution in [1.82, 2.24) is 10.3 Å². The Kier molecular flexibility index (Phi) is 5.59. The number of hydrogen-bond donors (Lipinski definition) is 1. The van der Waals surface area contributed by atoms with Crippen molar-refractivity contribution < 1.29 is 9.59 Å². The predicted octanol–water partition coefficient (Wildman–Crippen LogP) is 3.83. The number of para-hydroxylation sites is 1. The molecule has 8 heteroatoms. The van der Waals surface area contributed by atoms with Crippen molar-refractivity contribution in [1.29, 1.82) is 0 Å². The number of nitrogens with one attached hydrogen (secondary N) is 1. The molecule has 2 amide bonds. The zero-order valence-electron chi connectivity index (χ0n) is 16.7. The van der Waals surface area contributed by atoms with Gasteiger partial charge in [0.05, 0.1) is 22.5 Å². The number of rotatable bonds is 2. The number of aliphatic imine (C=N–C) groups is 1. The molecule has 3 aliphatic rings. The molecule has 0 fully saturated rings. The van der Waals surface area contributed by atoms with Gasteiger partial charge in [-0.15, -0.1) is 24.8 Å². The van der Waals surface area contributed by atoms with Crippen molar-refractivity contribution in [3.05, 3.63) is 89.5 Å². The maximum atomic E-state index is 13.0. The van der Waals surface area contributed by atoms with Gasteiger partial charge in [-0.3, -0.25) is 24.9 Å². The Hall–Kier alpha value is -3.48. The highest BCUT2D eigenvalue weighted by molar-refractivity contribution is 6.48. The third kappa shape index (κ3) is 3.11. The first-order valence-corrected chi connectivity index (χ1v) is 9.79. The molecule has 0 saturated heterocycles. The number of carbonyl (C=O) groups is 2. The highest BCUT2D eigenvalue weighted by Gasteiger charge is 2.37. The Morgan fingerprint density at radius 2 is 1.69 bits per heavy atom. The van der Waals surface area contributed by atoms with Gasteiger partial charge in [0.15, 0.2) is 0 Å². The molecule has 0 bridgehead atoms. The first-order chi connectivity index (χ1) is 14.7. The van der Waals surface area contributed by atoms with E-state index in [4.69, 9.17) is 0 Å². The maximum absolute atomic E-state index is 13.0. The zero-order chi connectivity index (χ0) is 20.2. The smallest absolute Gasteiger partial charge is 0.261 e. The van der Waals surface area contributed by atoms with Crippen LogP contribution in [0.4, 0.5) is 5.69 Å². The van der Waals surface area contributed by atoms with Crippen LogP contribution in [0.2, 0.25) is 0 Å². The molecule has 2 aromatic carbocycles. The number of imide groups is 1. The van der Waals surface area contributed by atoms with E-state index in [1.165, 1.54) is 5.56 Å². The molecule has 6 nitrogen and oxygen atoms in total. The Morgan fingerprint density at radius 1 is 0.906 bits per heavy atom. The third-order valence-electron chi connectivity index (χ3n) is 5.85. The number of benzene rings is 2. The Morgan fingerprint density at radius 3 is 2.56 bits per heavy atom. The van der Waals surface area contributed by atoms with E-state index in [1.54, 1.807) is 18.6 Å². The minimum Gasteiger partial charge on any atom is -0.345 e. The predicted molar refractivity (Wildman–Crippen MR) is 129 cm³/mol. The van der Waals surface area contributed by atoms with Gasteiger partial charge in [-0.25, -0.2) is 0 Å². The highest BCUT2D eigenvalue weighted by atomic mass is 35.5. The van der Waals surface area contributed by atoms with Crippen LogP contribution in [-0.4, -0.2) is 29.1 Å². The molecule has 0 unspecified atom stereocenters. The second-order valence-electron chi connectivity index (χ2n) is 7.47. The van der Waals surface area contributed by atoms with Gasteiger partial charge in [-0.2, -0.15) is 0 Å². The monoisotopic (exact) mass is 464 g/mol. The number of fused-ring (bicyclic) bond motifs is 1. The minimum absolute atomic E-state index is 0. The average molecular weight is 465 g/mol. The van der Waals surface area contributed by atoms with E-state index < -0.39 is 11.8 Å². The molecule has 0 atom stereocenters. The number of halogens is 2. The average Bonchev–Trinajstić information content (AvgIpc) is 3.24. The minimum atomic E-state index is -0.419. The summed E-state index contributed by atoms with van der Waals surface area (Å²) in [5, 5.41) is 4.26. The number of amides is 2. The fourth-order valence-electron chi connectivity index (χ4n) is 4.56. The standard InChI is InChI=1S/C24H16N4O2.2ClH/c29-23-19(17-5-2-4-15-13-25-9-7-16(15)17)20(24(30)27-23)21-18-6-1-3-14-8-11-28(22(14)18)12-10-26-21;;/h1-7,9-10,12-13H,8,11H2,(H,27,29,30);2*1H.